The summed E-state index contributed by atoms with van der Waals surface area (Å²) in [6.45, 7) is 0. The van der Waals surface area contributed by atoms with E-state index in [1.807, 2.05) is 24.3 Å². The Labute approximate surface area is 151 Å². The van der Waals surface area contributed by atoms with E-state index >= 15 is 0 Å². The number of nitrogens with one attached hydrogen (secondary N) is 2. The number of amides is 2. The molecule has 2 N–H and O–H groups in total. The zero-order valence-electron chi connectivity index (χ0n) is 14.5. The second-order valence-electron chi connectivity index (χ2n) is 6.43. The van der Waals surface area contributed by atoms with Gasteiger partial charge in [-0.1, -0.05) is 12.1 Å². The van der Waals surface area contributed by atoms with Gasteiger partial charge in [-0.25, -0.2) is 4.39 Å². The summed E-state index contributed by atoms with van der Waals surface area (Å²) in [5.74, 6) is -0.706. The van der Waals surface area contributed by atoms with E-state index in [9.17, 15) is 14.0 Å². The molecule has 1 atom stereocenters. The van der Waals surface area contributed by atoms with E-state index in [-0.39, 0.29) is 6.04 Å². The standard InChI is InChI=1S/C20H21FN2O3/c1-26-17-4-2-3-13(11-17)12-18(14-5-6-14)23-20(25)19(24)22-16-9-7-15(21)8-10-16/h2-4,7-11,14,18H,5-6,12H2,1H3,(H,22,24)(H,23,25). The number of hydrogen-bond acceptors (Lipinski definition) is 3. The Morgan fingerprint density at radius 3 is 2.54 bits per heavy atom. The quantitative estimate of drug-likeness (QED) is 0.782. The molecule has 6 heteroatoms. The average Bonchev–Trinajstić information content (AvgIpc) is 3.48. The normalized spacial score (nSPS) is 14.4. The predicted molar refractivity (Wildman–Crippen MR) is 96.4 cm³/mol. The summed E-state index contributed by atoms with van der Waals surface area (Å²) in [5, 5.41) is 5.31. The van der Waals surface area contributed by atoms with E-state index in [1.165, 1.54) is 24.3 Å². The minimum absolute atomic E-state index is 0.103. The number of hydrogen-bond donors (Lipinski definition) is 2. The Hall–Kier alpha value is -2.89. The number of anilines is 1. The van der Waals surface area contributed by atoms with Gasteiger partial charge in [-0.05, 0) is 67.1 Å². The first-order valence-electron chi connectivity index (χ1n) is 8.55. The lowest BCUT2D eigenvalue weighted by Gasteiger charge is -2.18. The zero-order valence-corrected chi connectivity index (χ0v) is 14.5. The van der Waals surface area contributed by atoms with Crippen LogP contribution in [0.5, 0.6) is 5.75 Å². The van der Waals surface area contributed by atoms with Crippen molar-refractivity contribution in [2.45, 2.75) is 25.3 Å². The third kappa shape index (κ3) is 4.81. The molecule has 0 spiro atoms. The SMILES string of the molecule is COc1cccc(CC(NC(=O)C(=O)Nc2ccc(F)cc2)C2CC2)c1. The van der Waals surface area contributed by atoms with E-state index in [4.69, 9.17) is 4.74 Å². The molecule has 5 nitrogen and oxygen atoms in total. The maximum absolute atomic E-state index is 12.9. The number of benzene rings is 2. The van der Waals surface area contributed by atoms with Gasteiger partial charge in [0, 0.05) is 11.7 Å². The average molecular weight is 356 g/mol. The number of halogens is 1. The van der Waals surface area contributed by atoms with Gasteiger partial charge in [0.25, 0.3) is 0 Å². The molecule has 1 saturated carbocycles. The molecular formula is C20H21FN2O3. The summed E-state index contributed by atoms with van der Waals surface area (Å²) in [7, 11) is 1.61. The van der Waals surface area contributed by atoms with E-state index in [1.54, 1.807) is 7.11 Å². The Balaban J connectivity index is 1.61. The second kappa shape index (κ2) is 7.99. The second-order valence-corrected chi connectivity index (χ2v) is 6.43. The lowest BCUT2D eigenvalue weighted by molar-refractivity contribution is -0.136. The number of carbonyl (C=O) groups is 2. The summed E-state index contributed by atoms with van der Waals surface area (Å²) in [5.41, 5.74) is 1.42. The number of ether oxygens (including phenoxy) is 1. The van der Waals surface area contributed by atoms with Crippen LogP contribution < -0.4 is 15.4 Å². The molecule has 0 heterocycles. The van der Waals surface area contributed by atoms with Crippen LogP contribution in [-0.2, 0) is 16.0 Å². The van der Waals surface area contributed by atoms with Gasteiger partial charge < -0.3 is 15.4 Å². The highest BCUT2D eigenvalue weighted by molar-refractivity contribution is 6.39. The van der Waals surface area contributed by atoms with Crippen LogP contribution in [0.1, 0.15) is 18.4 Å². The molecule has 1 aliphatic rings. The van der Waals surface area contributed by atoms with Crippen LogP contribution in [0.15, 0.2) is 48.5 Å². The largest absolute Gasteiger partial charge is 0.497 e. The zero-order chi connectivity index (χ0) is 18.5. The minimum atomic E-state index is -0.757. The fraction of sp³-hybridized carbons (Fsp3) is 0.300. The van der Waals surface area contributed by atoms with E-state index < -0.39 is 17.6 Å². The third-order valence-corrected chi connectivity index (χ3v) is 4.41. The van der Waals surface area contributed by atoms with Crippen molar-refractivity contribution >= 4 is 17.5 Å². The van der Waals surface area contributed by atoms with Crippen molar-refractivity contribution in [3.05, 3.63) is 59.9 Å². The van der Waals surface area contributed by atoms with Crippen LogP contribution in [0.3, 0.4) is 0 Å². The van der Waals surface area contributed by atoms with Gasteiger partial charge in [-0.3, -0.25) is 9.59 Å². The summed E-state index contributed by atoms with van der Waals surface area (Å²) in [6.07, 6.45) is 2.71. The monoisotopic (exact) mass is 356 g/mol. The van der Waals surface area contributed by atoms with Crippen molar-refractivity contribution in [1.82, 2.24) is 5.32 Å². The first-order valence-corrected chi connectivity index (χ1v) is 8.55. The molecule has 0 saturated heterocycles. The molecule has 0 bridgehead atoms. The highest BCUT2D eigenvalue weighted by Gasteiger charge is 2.33. The Bertz CT molecular complexity index is 788. The summed E-state index contributed by atoms with van der Waals surface area (Å²) in [4.78, 5) is 24.3. The van der Waals surface area contributed by atoms with Gasteiger partial charge >= 0.3 is 11.8 Å². The summed E-state index contributed by atoms with van der Waals surface area (Å²) < 4.78 is 18.1. The van der Waals surface area contributed by atoms with Crippen molar-refractivity contribution < 1.29 is 18.7 Å². The van der Waals surface area contributed by atoms with E-state index in [0.717, 1.165) is 24.2 Å². The molecule has 2 aromatic rings. The van der Waals surface area contributed by atoms with Gasteiger partial charge in [0.15, 0.2) is 0 Å². The van der Waals surface area contributed by atoms with E-state index in [2.05, 4.69) is 10.6 Å². The van der Waals surface area contributed by atoms with Crippen LogP contribution in [0, 0.1) is 11.7 Å². The topological polar surface area (TPSA) is 67.4 Å². The molecule has 3 rings (SSSR count). The highest BCUT2D eigenvalue weighted by atomic mass is 19.1. The number of methoxy groups -OCH3 is 1. The first kappa shape index (κ1) is 17.9. The van der Waals surface area contributed by atoms with Crippen LogP contribution in [0.2, 0.25) is 0 Å². The fourth-order valence-corrected chi connectivity index (χ4v) is 2.84. The van der Waals surface area contributed by atoms with Crippen LogP contribution in [-0.4, -0.2) is 25.0 Å². The maximum Gasteiger partial charge on any atom is 0.313 e. The van der Waals surface area contributed by atoms with Gasteiger partial charge in [-0.15, -0.1) is 0 Å². The van der Waals surface area contributed by atoms with Crippen molar-refractivity contribution in [2.24, 2.45) is 5.92 Å². The van der Waals surface area contributed by atoms with Crippen molar-refractivity contribution in [1.29, 1.82) is 0 Å². The van der Waals surface area contributed by atoms with Crippen molar-refractivity contribution in [2.75, 3.05) is 12.4 Å². The van der Waals surface area contributed by atoms with Gasteiger partial charge in [0.2, 0.25) is 0 Å². The molecule has 0 radical (unpaired) electrons. The Kier molecular flexibility index (Phi) is 5.51. The fourth-order valence-electron chi connectivity index (χ4n) is 2.84. The molecule has 0 aromatic heterocycles. The van der Waals surface area contributed by atoms with Gasteiger partial charge in [-0.2, -0.15) is 0 Å². The van der Waals surface area contributed by atoms with Crippen LogP contribution >= 0.6 is 0 Å². The molecular weight excluding hydrogens is 335 g/mol. The van der Waals surface area contributed by atoms with Gasteiger partial charge in [0.05, 0.1) is 7.11 Å². The van der Waals surface area contributed by atoms with Gasteiger partial charge in [0.1, 0.15) is 11.6 Å². The molecule has 2 aromatic carbocycles. The lowest BCUT2D eigenvalue weighted by Crippen LogP contribution is -2.44. The molecule has 2 amide bonds. The summed E-state index contributed by atoms with van der Waals surface area (Å²) in [6, 6.07) is 12.8. The predicted octanol–water partition coefficient (Wildman–Crippen LogP) is 2.91. The van der Waals surface area contributed by atoms with Crippen molar-refractivity contribution in [3.8, 4) is 5.75 Å². The molecule has 26 heavy (non-hydrogen) atoms. The smallest absolute Gasteiger partial charge is 0.313 e. The minimum Gasteiger partial charge on any atom is -0.497 e. The summed E-state index contributed by atoms with van der Waals surface area (Å²) >= 11 is 0. The number of rotatable bonds is 6. The third-order valence-electron chi connectivity index (χ3n) is 4.41. The number of carbonyl (C=O) groups excluding carboxylic acids is 2. The highest BCUT2D eigenvalue weighted by Crippen LogP contribution is 2.34. The molecule has 1 unspecified atom stereocenters. The lowest BCUT2D eigenvalue weighted by atomic mass is 10.0. The Morgan fingerprint density at radius 2 is 1.88 bits per heavy atom. The molecule has 1 aliphatic carbocycles. The molecule has 0 aliphatic heterocycles. The van der Waals surface area contributed by atoms with Crippen LogP contribution in [0.25, 0.3) is 0 Å². The molecule has 1 fully saturated rings. The maximum atomic E-state index is 12.9. The molecule has 136 valence electrons. The van der Waals surface area contributed by atoms with Crippen molar-refractivity contribution in [3.63, 3.8) is 0 Å². The first-order chi connectivity index (χ1) is 12.5. The van der Waals surface area contributed by atoms with Crippen LogP contribution in [0.4, 0.5) is 10.1 Å². The van der Waals surface area contributed by atoms with E-state index in [0.29, 0.717) is 18.0 Å². The Morgan fingerprint density at radius 1 is 1.15 bits per heavy atom.